The molecule has 0 saturated carbocycles. The van der Waals surface area contributed by atoms with Crippen molar-refractivity contribution in [2.24, 2.45) is 48.0 Å². The molecule has 8 aromatic heterocycles. The quantitative estimate of drug-likeness (QED) is 0.0260. The van der Waals surface area contributed by atoms with Gasteiger partial charge in [-0.1, -0.05) is 0 Å². The minimum atomic E-state index is -1.39. The molecular formula is C58H71N25O13. The predicted octanol–water partition coefficient (Wildman–Crippen LogP) is 0.307. The largest absolute Gasteiger partial charge is 0.477 e. The maximum absolute atomic E-state index is 13.4. The van der Waals surface area contributed by atoms with Crippen molar-refractivity contribution in [2.75, 3.05) is 82.3 Å². The van der Waals surface area contributed by atoms with Gasteiger partial charge in [0.15, 0.2) is 23.3 Å². The SMILES string of the molecule is CNCCCNC(=O)CNC(=O)Cn1cc(NC(=O)c2nc(NC(=O)c3cc(NC(=O)c4nc(NC(=O)CCCNC(=O)c5cc(NC(=O)c6nc(NC(=O)c7cc(NC(=O)c8nc(NC(=O)CCCN)cn8C)cn7C)cn6C)cn5C)cn4C)c[nH]3)cn2C)cc1C(=O)O. The van der Waals surface area contributed by atoms with E-state index in [4.69, 9.17) is 5.73 Å². The van der Waals surface area contributed by atoms with Crippen molar-refractivity contribution in [3.63, 3.8) is 0 Å². The van der Waals surface area contributed by atoms with Crippen LogP contribution in [0.2, 0.25) is 0 Å². The molecule has 0 aliphatic carbocycles. The van der Waals surface area contributed by atoms with Gasteiger partial charge in [-0.25, -0.2) is 24.7 Å². The minimum absolute atomic E-state index is 0.00341. The zero-order valence-electron chi connectivity index (χ0n) is 53.0. The van der Waals surface area contributed by atoms with E-state index in [2.05, 4.69) is 88.7 Å². The van der Waals surface area contributed by atoms with Crippen LogP contribution >= 0.6 is 0 Å². The lowest BCUT2D eigenvalue weighted by Crippen LogP contribution is -2.39. The summed E-state index contributed by atoms with van der Waals surface area (Å²) >= 11 is 0. The van der Waals surface area contributed by atoms with Gasteiger partial charge in [-0.05, 0) is 63.7 Å². The second-order valence-electron chi connectivity index (χ2n) is 21.7. The number of imidazole rings is 4. The van der Waals surface area contributed by atoms with Crippen LogP contribution in [0.5, 0.6) is 0 Å². The third-order valence-corrected chi connectivity index (χ3v) is 14.0. The lowest BCUT2D eigenvalue weighted by molar-refractivity contribution is -0.126. The molecule has 16 N–H and O–H groups in total. The summed E-state index contributed by atoms with van der Waals surface area (Å²) in [5.41, 5.74) is 6.17. The number of rotatable bonds is 31. The van der Waals surface area contributed by atoms with Crippen molar-refractivity contribution in [2.45, 2.75) is 38.6 Å². The molecular weight excluding hydrogens is 1250 g/mol. The van der Waals surface area contributed by atoms with Crippen LogP contribution in [0.15, 0.2) is 73.8 Å². The Morgan fingerprint density at radius 3 is 1.35 bits per heavy atom. The summed E-state index contributed by atoms with van der Waals surface area (Å²) in [5, 5.41) is 41.5. The zero-order valence-corrected chi connectivity index (χ0v) is 53.0. The monoisotopic (exact) mass is 1330 g/mol. The number of anilines is 8. The van der Waals surface area contributed by atoms with Gasteiger partial charge in [0.1, 0.15) is 29.3 Å². The highest BCUT2D eigenvalue weighted by Crippen LogP contribution is 2.22. The number of aromatic nitrogens is 12. The van der Waals surface area contributed by atoms with E-state index in [1.54, 1.807) is 35.2 Å². The number of carbonyl (C=O) groups is 12. The Balaban J connectivity index is 0.745. The van der Waals surface area contributed by atoms with Gasteiger partial charge in [-0.15, -0.1) is 0 Å². The number of carboxylic acid groups (broad SMARTS) is 1. The fraction of sp³-hybridized carbons (Fsp3) is 0.310. The number of aromatic carboxylic acids is 1. The molecule has 0 fully saturated rings. The second-order valence-corrected chi connectivity index (χ2v) is 21.7. The maximum atomic E-state index is 13.4. The van der Waals surface area contributed by atoms with Crippen molar-refractivity contribution in [1.82, 2.24) is 78.2 Å². The van der Waals surface area contributed by atoms with Gasteiger partial charge in [0.25, 0.3) is 41.4 Å². The molecule has 0 atom stereocenters. The third kappa shape index (κ3) is 18.2. The van der Waals surface area contributed by atoms with Gasteiger partial charge in [0, 0.05) is 118 Å². The van der Waals surface area contributed by atoms with Gasteiger partial charge in [-0.2, -0.15) is 0 Å². The molecule has 0 saturated heterocycles. The molecule has 0 aromatic carbocycles. The Morgan fingerprint density at radius 1 is 0.427 bits per heavy atom. The molecule has 0 unspecified atom stereocenters. The highest BCUT2D eigenvalue weighted by molar-refractivity contribution is 6.09. The summed E-state index contributed by atoms with van der Waals surface area (Å²) in [6, 6.07) is 5.35. The first-order valence-electron chi connectivity index (χ1n) is 29.5. The molecule has 38 heteroatoms. The number of nitrogens with two attached hydrogens (primary N) is 1. The fourth-order valence-corrected chi connectivity index (χ4v) is 9.43. The van der Waals surface area contributed by atoms with E-state index in [9.17, 15) is 62.6 Å². The van der Waals surface area contributed by atoms with E-state index in [1.807, 2.05) is 0 Å². The van der Waals surface area contributed by atoms with Crippen molar-refractivity contribution in [3.8, 4) is 0 Å². The van der Waals surface area contributed by atoms with Crippen molar-refractivity contribution in [1.29, 1.82) is 0 Å². The number of hydrogen-bond acceptors (Lipinski definition) is 18. The standard InChI is InChI=1S/C58H71N25O13/c1-60-14-10-16-61-45(86)22-64-46(87)30-83-25-34(20-38(83)58(95)96)68-57(94)50-73-41(28-81(50)6)75-51(88)35-17-31(21-63-35)65-54(91)47-71-40(27-79(47)4)70-44(85)12-9-15-62-52(89)36-18-32(23-77(36)2)66-56(93)49-74-42(29-82(49)7)76-53(90)37-19-33(24-78(37)3)67-55(92)48-72-39(26-80(48)5)69-43(84)11-8-13-59/h17-21,23-29,60,63H,8-16,22,30,59H2,1-7H3,(H,61,86)(H,62,89)(H,64,87)(H,65,91)(H,66,93)(H,67,92)(H,68,94)(H,69,84)(H,70,85)(H,75,88)(H,76,90)(H,95,96). The van der Waals surface area contributed by atoms with E-state index in [-0.39, 0.29) is 130 Å². The van der Waals surface area contributed by atoms with Crippen LogP contribution in [0.3, 0.4) is 0 Å². The predicted molar refractivity (Wildman–Crippen MR) is 345 cm³/mol. The van der Waals surface area contributed by atoms with E-state index in [1.165, 1.54) is 109 Å². The molecule has 0 bridgehead atoms. The first-order valence-corrected chi connectivity index (χ1v) is 29.5. The number of H-pyrrole nitrogens is 1. The Hall–Kier alpha value is -12.5. The van der Waals surface area contributed by atoms with Gasteiger partial charge >= 0.3 is 5.97 Å². The smallest absolute Gasteiger partial charge is 0.352 e. The van der Waals surface area contributed by atoms with Crippen LogP contribution in [0.1, 0.15) is 117 Å². The van der Waals surface area contributed by atoms with Gasteiger partial charge in [0.05, 0.1) is 29.3 Å². The van der Waals surface area contributed by atoms with Crippen LogP contribution in [-0.4, -0.2) is 173 Å². The number of aryl methyl sites for hydroxylation is 6. The molecule has 8 heterocycles. The highest BCUT2D eigenvalue weighted by atomic mass is 16.4. The molecule has 0 aliphatic heterocycles. The highest BCUT2D eigenvalue weighted by Gasteiger charge is 2.25. The van der Waals surface area contributed by atoms with Gasteiger partial charge < -0.3 is 112 Å². The van der Waals surface area contributed by atoms with Crippen LogP contribution in [0, 0.1) is 0 Å². The summed E-state index contributed by atoms with van der Waals surface area (Å²) in [5.74, 6) is -7.87. The van der Waals surface area contributed by atoms with Crippen LogP contribution in [-0.2, 0) is 68.0 Å². The molecule has 38 nitrogen and oxygen atoms in total. The third-order valence-electron chi connectivity index (χ3n) is 14.0. The molecule has 0 aliphatic rings. The topological polar surface area (TPSA) is 497 Å². The number of aromatic amines is 1. The number of carboxylic acids is 1. The van der Waals surface area contributed by atoms with Crippen LogP contribution in [0.25, 0.3) is 0 Å². The van der Waals surface area contributed by atoms with Gasteiger partial charge in [0.2, 0.25) is 46.9 Å². The number of carbonyl (C=O) groups excluding carboxylic acids is 11. The summed E-state index contributed by atoms with van der Waals surface area (Å²) in [4.78, 5) is 174. The molecule has 8 aromatic rings. The average Bonchev–Trinajstić information content (AvgIpc) is 1.70. The second kappa shape index (κ2) is 31.2. The van der Waals surface area contributed by atoms with Crippen LogP contribution in [0.4, 0.5) is 46.0 Å². The number of nitrogens with one attached hydrogen (secondary N) is 13. The Kier molecular flexibility index (Phi) is 22.6. The van der Waals surface area contributed by atoms with E-state index < -0.39 is 71.6 Å². The lowest BCUT2D eigenvalue weighted by Gasteiger charge is -2.08. The van der Waals surface area contributed by atoms with Crippen molar-refractivity contribution >= 4 is 117 Å². The summed E-state index contributed by atoms with van der Waals surface area (Å²) in [6.07, 6.45) is 12.8. The van der Waals surface area contributed by atoms with Crippen molar-refractivity contribution in [3.05, 3.63) is 120 Å². The summed E-state index contributed by atoms with van der Waals surface area (Å²) in [6.45, 7) is 0.730. The summed E-state index contributed by atoms with van der Waals surface area (Å²) < 4.78 is 9.57. The molecule has 11 amide bonds. The lowest BCUT2D eigenvalue weighted by atomic mass is 10.3. The van der Waals surface area contributed by atoms with Crippen molar-refractivity contribution < 1.29 is 62.6 Å². The average molecular weight is 1330 g/mol. The number of amides is 11. The maximum Gasteiger partial charge on any atom is 0.352 e. The first-order chi connectivity index (χ1) is 45.7. The first kappa shape index (κ1) is 69.4. The normalized spacial score (nSPS) is 10.9. The molecule has 8 rings (SSSR count). The van der Waals surface area contributed by atoms with Crippen LogP contribution < -0.4 is 69.5 Å². The number of hydrogen-bond donors (Lipinski definition) is 15. The van der Waals surface area contributed by atoms with E-state index in [0.717, 1.165) is 10.6 Å². The Labute approximate surface area is 544 Å². The summed E-state index contributed by atoms with van der Waals surface area (Å²) in [7, 11) is 11.1. The molecule has 96 heavy (non-hydrogen) atoms. The fourth-order valence-electron chi connectivity index (χ4n) is 9.43. The zero-order chi connectivity index (χ0) is 69.5. The molecule has 0 radical (unpaired) electrons. The van der Waals surface area contributed by atoms with Gasteiger partial charge in [-0.3, -0.25) is 52.7 Å². The van der Waals surface area contributed by atoms with E-state index in [0.29, 0.717) is 32.5 Å². The van der Waals surface area contributed by atoms with E-state index >= 15 is 0 Å². The molecule has 0 spiro atoms. The molecule has 506 valence electrons. The Bertz CT molecular complexity index is 4300. The Morgan fingerprint density at radius 2 is 0.865 bits per heavy atom. The number of nitrogens with zero attached hydrogens (tertiary/aromatic N) is 11. The minimum Gasteiger partial charge on any atom is -0.477 e.